The predicted octanol–water partition coefficient (Wildman–Crippen LogP) is 2.18. The molecule has 1 heterocycles. The molecule has 0 radical (unpaired) electrons. The summed E-state index contributed by atoms with van der Waals surface area (Å²) in [5.41, 5.74) is 0.425. The van der Waals surface area contributed by atoms with E-state index in [0.29, 0.717) is 18.2 Å². The molecule has 0 spiro atoms. The summed E-state index contributed by atoms with van der Waals surface area (Å²) in [5, 5.41) is 3.26. The van der Waals surface area contributed by atoms with E-state index in [0.717, 1.165) is 25.6 Å². The molecule has 0 aromatic heterocycles. The molecule has 0 amide bonds. The number of nitrogens with one attached hydrogen (secondary N) is 1. The van der Waals surface area contributed by atoms with E-state index in [1.807, 2.05) is 7.05 Å². The zero-order chi connectivity index (χ0) is 11.5. The van der Waals surface area contributed by atoms with E-state index in [9.17, 15) is 8.78 Å². The van der Waals surface area contributed by atoms with Crippen molar-refractivity contribution in [1.82, 2.24) is 10.2 Å². The van der Waals surface area contributed by atoms with Gasteiger partial charge in [-0.1, -0.05) is 12.1 Å². The Bertz CT molecular complexity index is 368. The van der Waals surface area contributed by atoms with Gasteiger partial charge < -0.3 is 5.32 Å². The number of hydrogen-bond acceptors (Lipinski definition) is 2. The van der Waals surface area contributed by atoms with E-state index in [1.54, 1.807) is 12.1 Å². The number of rotatable bonds is 3. The lowest BCUT2D eigenvalue weighted by molar-refractivity contribution is 0.244. The van der Waals surface area contributed by atoms with Crippen LogP contribution in [-0.2, 0) is 6.54 Å². The third-order valence-electron chi connectivity index (χ3n) is 3.11. The Kier molecular flexibility index (Phi) is 5.31. The molecule has 2 nitrogen and oxygen atoms in total. The normalized spacial score (nSPS) is 19.4. The average Bonchev–Trinajstić information content (AvgIpc) is 2.78. The molecule has 1 fully saturated rings. The summed E-state index contributed by atoms with van der Waals surface area (Å²) >= 11 is 0. The van der Waals surface area contributed by atoms with Gasteiger partial charge in [0, 0.05) is 24.7 Å². The summed E-state index contributed by atoms with van der Waals surface area (Å²) in [7, 11) is 1.95. The summed E-state index contributed by atoms with van der Waals surface area (Å²) < 4.78 is 26.4. The van der Waals surface area contributed by atoms with Crippen LogP contribution in [0.3, 0.4) is 0 Å². The highest BCUT2D eigenvalue weighted by atomic mass is 35.5. The van der Waals surface area contributed by atoms with Gasteiger partial charge in [-0.3, -0.25) is 4.90 Å². The highest BCUT2D eigenvalue weighted by Crippen LogP contribution is 2.15. The minimum atomic E-state index is -0.768. The SMILES string of the molecule is CN(Cc1cccc(F)c1F)C1CCNC1.Cl. The molecule has 96 valence electrons. The van der Waals surface area contributed by atoms with Crippen molar-refractivity contribution in [1.29, 1.82) is 0 Å². The molecule has 1 saturated heterocycles. The molecule has 1 unspecified atom stereocenters. The first kappa shape index (κ1) is 14.4. The third kappa shape index (κ3) is 3.37. The number of likely N-dealkylation sites (N-methyl/N-ethyl adjacent to an activating group) is 1. The quantitative estimate of drug-likeness (QED) is 0.898. The van der Waals surface area contributed by atoms with Crippen molar-refractivity contribution >= 4 is 12.4 Å². The Balaban J connectivity index is 0.00000144. The number of nitrogens with zero attached hydrogens (tertiary/aromatic N) is 1. The van der Waals surface area contributed by atoms with Crippen molar-refractivity contribution in [2.75, 3.05) is 20.1 Å². The fourth-order valence-corrected chi connectivity index (χ4v) is 2.08. The molecule has 0 saturated carbocycles. The van der Waals surface area contributed by atoms with Gasteiger partial charge in [-0.2, -0.15) is 0 Å². The molecule has 1 N–H and O–H groups in total. The molecule has 1 aromatic rings. The smallest absolute Gasteiger partial charge is 0.163 e. The van der Waals surface area contributed by atoms with Crippen LogP contribution >= 0.6 is 12.4 Å². The molecular weight excluding hydrogens is 246 g/mol. The Labute approximate surface area is 106 Å². The predicted molar refractivity (Wildman–Crippen MR) is 66.3 cm³/mol. The van der Waals surface area contributed by atoms with Gasteiger partial charge in [0.15, 0.2) is 11.6 Å². The topological polar surface area (TPSA) is 15.3 Å². The first-order chi connectivity index (χ1) is 7.68. The summed E-state index contributed by atoms with van der Waals surface area (Å²) in [6.45, 7) is 2.38. The molecule has 0 bridgehead atoms. The Morgan fingerprint density at radius 2 is 2.18 bits per heavy atom. The lowest BCUT2D eigenvalue weighted by atomic mass is 10.1. The van der Waals surface area contributed by atoms with Gasteiger partial charge in [-0.15, -0.1) is 12.4 Å². The maximum Gasteiger partial charge on any atom is 0.163 e. The standard InChI is InChI=1S/C12H16F2N2.ClH/c1-16(10-5-6-15-7-10)8-9-3-2-4-11(13)12(9)14;/h2-4,10,15H,5-8H2,1H3;1H. The van der Waals surface area contributed by atoms with Crippen LogP contribution in [0, 0.1) is 11.6 Å². The molecule has 5 heteroatoms. The molecule has 2 rings (SSSR count). The minimum absolute atomic E-state index is 0. The number of hydrogen-bond donors (Lipinski definition) is 1. The molecule has 1 atom stereocenters. The monoisotopic (exact) mass is 262 g/mol. The van der Waals surface area contributed by atoms with Crippen LogP contribution in [0.4, 0.5) is 8.78 Å². The zero-order valence-electron chi connectivity index (χ0n) is 9.75. The minimum Gasteiger partial charge on any atom is -0.315 e. The van der Waals surface area contributed by atoms with Crippen molar-refractivity contribution in [3.05, 3.63) is 35.4 Å². The van der Waals surface area contributed by atoms with Crippen molar-refractivity contribution < 1.29 is 8.78 Å². The van der Waals surface area contributed by atoms with Crippen molar-refractivity contribution in [2.45, 2.75) is 19.0 Å². The molecular formula is C12H17ClF2N2. The third-order valence-corrected chi connectivity index (χ3v) is 3.11. The lowest BCUT2D eigenvalue weighted by Crippen LogP contribution is -2.33. The fourth-order valence-electron chi connectivity index (χ4n) is 2.08. The highest BCUT2D eigenvalue weighted by Gasteiger charge is 2.20. The van der Waals surface area contributed by atoms with Gasteiger partial charge in [0.05, 0.1) is 0 Å². The lowest BCUT2D eigenvalue weighted by Gasteiger charge is -2.23. The van der Waals surface area contributed by atoms with E-state index < -0.39 is 11.6 Å². The van der Waals surface area contributed by atoms with Gasteiger partial charge in [-0.05, 0) is 26.1 Å². The zero-order valence-corrected chi connectivity index (χ0v) is 10.6. The van der Waals surface area contributed by atoms with Crippen LogP contribution in [0.1, 0.15) is 12.0 Å². The number of benzene rings is 1. The second-order valence-electron chi connectivity index (χ2n) is 4.27. The summed E-state index contributed by atoms with van der Waals surface area (Å²) in [4.78, 5) is 2.07. The molecule has 0 aliphatic carbocycles. The van der Waals surface area contributed by atoms with Crippen LogP contribution in [0.15, 0.2) is 18.2 Å². The maximum absolute atomic E-state index is 13.4. The first-order valence-electron chi connectivity index (χ1n) is 5.52. The van der Waals surface area contributed by atoms with Crippen LogP contribution in [0.5, 0.6) is 0 Å². The first-order valence-corrected chi connectivity index (χ1v) is 5.52. The summed E-state index contributed by atoms with van der Waals surface area (Å²) in [6.07, 6.45) is 1.06. The largest absolute Gasteiger partial charge is 0.315 e. The Morgan fingerprint density at radius 1 is 1.41 bits per heavy atom. The van der Waals surface area contributed by atoms with Crippen molar-refractivity contribution in [2.24, 2.45) is 0 Å². The van der Waals surface area contributed by atoms with E-state index >= 15 is 0 Å². The van der Waals surface area contributed by atoms with Gasteiger partial charge >= 0.3 is 0 Å². The maximum atomic E-state index is 13.4. The average molecular weight is 263 g/mol. The second-order valence-corrected chi connectivity index (χ2v) is 4.27. The molecule has 17 heavy (non-hydrogen) atoms. The van der Waals surface area contributed by atoms with Crippen LogP contribution in [-0.4, -0.2) is 31.1 Å². The highest BCUT2D eigenvalue weighted by molar-refractivity contribution is 5.85. The van der Waals surface area contributed by atoms with Crippen LogP contribution in [0.2, 0.25) is 0 Å². The molecule has 1 aliphatic rings. The van der Waals surface area contributed by atoms with Gasteiger partial charge in [0.2, 0.25) is 0 Å². The number of halogens is 3. The fraction of sp³-hybridized carbons (Fsp3) is 0.500. The van der Waals surface area contributed by atoms with E-state index in [1.165, 1.54) is 0 Å². The van der Waals surface area contributed by atoms with Crippen LogP contribution < -0.4 is 5.32 Å². The van der Waals surface area contributed by atoms with Crippen molar-refractivity contribution in [3.63, 3.8) is 0 Å². The van der Waals surface area contributed by atoms with Crippen LogP contribution in [0.25, 0.3) is 0 Å². The molecule has 1 aliphatic heterocycles. The Hall–Kier alpha value is -0.710. The van der Waals surface area contributed by atoms with Crippen molar-refractivity contribution in [3.8, 4) is 0 Å². The van der Waals surface area contributed by atoms with Gasteiger partial charge in [0.25, 0.3) is 0 Å². The van der Waals surface area contributed by atoms with E-state index in [-0.39, 0.29) is 12.4 Å². The van der Waals surface area contributed by atoms with Gasteiger partial charge in [0.1, 0.15) is 0 Å². The summed E-state index contributed by atoms with van der Waals surface area (Å²) in [5.74, 6) is -1.49. The van der Waals surface area contributed by atoms with E-state index in [2.05, 4.69) is 10.2 Å². The molecule has 1 aromatic carbocycles. The Morgan fingerprint density at radius 3 is 2.82 bits per heavy atom. The summed E-state index contributed by atoms with van der Waals surface area (Å²) in [6, 6.07) is 4.75. The second kappa shape index (κ2) is 6.28. The van der Waals surface area contributed by atoms with E-state index in [4.69, 9.17) is 0 Å². The van der Waals surface area contributed by atoms with Gasteiger partial charge in [-0.25, -0.2) is 8.78 Å².